The number of hydrogen-bond donors (Lipinski definition) is 3. The van der Waals surface area contributed by atoms with E-state index in [1.54, 1.807) is 17.5 Å². The van der Waals surface area contributed by atoms with Crippen molar-refractivity contribution in [1.82, 2.24) is 5.32 Å². The van der Waals surface area contributed by atoms with E-state index in [1.807, 2.05) is 0 Å². The van der Waals surface area contributed by atoms with Crippen LogP contribution in [0.1, 0.15) is 10.9 Å². The topological polar surface area (TPSA) is 78.4 Å². The molecule has 1 heterocycles. The molecule has 2 rings (SSSR count). The van der Waals surface area contributed by atoms with Gasteiger partial charge in [-0.3, -0.25) is 0 Å². The first-order valence-electron chi connectivity index (χ1n) is 5.76. The van der Waals surface area contributed by atoms with Crippen molar-refractivity contribution < 1.29 is 19.1 Å². The van der Waals surface area contributed by atoms with Gasteiger partial charge in [-0.2, -0.15) is 0 Å². The van der Waals surface area contributed by atoms with Gasteiger partial charge in [0.1, 0.15) is 5.82 Å². The van der Waals surface area contributed by atoms with E-state index in [9.17, 15) is 14.0 Å². The number of aliphatic carboxylic acids is 1. The van der Waals surface area contributed by atoms with Gasteiger partial charge in [0.25, 0.3) is 0 Å². The average Bonchev–Trinajstić information content (AvgIpc) is 2.93. The molecule has 21 heavy (non-hydrogen) atoms. The molecule has 0 bridgehead atoms. The van der Waals surface area contributed by atoms with Gasteiger partial charge in [-0.15, -0.1) is 11.3 Å². The fraction of sp³-hybridized carbons (Fsp3) is 0.0769. The van der Waals surface area contributed by atoms with E-state index >= 15 is 0 Å². The quantitative estimate of drug-likeness (QED) is 0.766. The van der Waals surface area contributed by atoms with Gasteiger partial charge in [0.2, 0.25) is 0 Å². The number of thiophene rings is 1. The molecule has 0 aliphatic carbocycles. The highest BCUT2D eigenvalue weighted by atomic mass is 79.9. The first-order valence-corrected chi connectivity index (χ1v) is 7.43. The number of anilines is 1. The summed E-state index contributed by atoms with van der Waals surface area (Å²) in [5.41, 5.74) is -0.0443. The fourth-order valence-corrected chi connectivity index (χ4v) is 2.72. The summed E-state index contributed by atoms with van der Waals surface area (Å²) < 4.78 is 14.1. The lowest BCUT2D eigenvalue weighted by Gasteiger charge is -2.14. The molecule has 8 heteroatoms. The predicted octanol–water partition coefficient (Wildman–Crippen LogP) is 3.60. The summed E-state index contributed by atoms with van der Waals surface area (Å²) >= 11 is 4.37. The van der Waals surface area contributed by atoms with E-state index in [0.29, 0.717) is 9.35 Å². The summed E-state index contributed by atoms with van der Waals surface area (Å²) in [6.07, 6.45) is 0. The van der Waals surface area contributed by atoms with E-state index in [0.717, 1.165) is 0 Å². The van der Waals surface area contributed by atoms with Gasteiger partial charge in [0.15, 0.2) is 6.04 Å². The van der Waals surface area contributed by atoms with Crippen molar-refractivity contribution in [3.8, 4) is 0 Å². The van der Waals surface area contributed by atoms with Crippen LogP contribution >= 0.6 is 27.3 Å². The summed E-state index contributed by atoms with van der Waals surface area (Å²) in [5.74, 6) is -1.81. The Morgan fingerprint density at radius 2 is 2.10 bits per heavy atom. The molecule has 0 radical (unpaired) electrons. The lowest BCUT2D eigenvalue weighted by atomic mass is 10.2. The van der Waals surface area contributed by atoms with Crippen LogP contribution in [-0.4, -0.2) is 17.1 Å². The van der Waals surface area contributed by atoms with Crippen LogP contribution in [0.2, 0.25) is 0 Å². The van der Waals surface area contributed by atoms with Crippen LogP contribution in [0.25, 0.3) is 0 Å². The molecule has 2 aromatic rings. The van der Waals surface area contributed by atoms with Crippen molar-refractivity contribution >= 4 is 45.0 Å². The Labute approximate surface area is 131 Å². The van der Waals surface area contributed by atoms with Crippen LogP contribution in [0.3, 0.4) is 0 Å². The molecule has 1 aromatic carbocycles. The maximum Gasteiger partial charge on any atom is 0.331 e. The molecule has 0 saturated carbocycles. The van der Waals surface area contributed by atoms with E-state index in [1.165, 1.54) is 29.5 Å². The molecule has 2 amide bonds. The molecule has 0 aliphatic rings. The van der Waals surface area contributed by atoms with E-state index in [2.05, 4.69) is 26.6 Å². The molecule has 3 N–H and O–H groups in total. The van der Waals surface area contributed by atoms with Gasteiger partial charge < -0.3 is 15.7 Å². The third-order valence-electron chi connectivity index (χ3n) is 2.53. The molecule has 1 unspecified atom stereocenters. The van der Waals surface area contributed by atoms with Crippen molar-refractivity contribution in [2.45, 2.75) is 6.04 Å². The number of halogens is 2. The number of amides is 2. The number of carbonyl (C=O) groups is 2. The number of carbonyl (C=O) groups excluding carboxylic acids is 1. The minimum absolute atomic E-state index is 0.0443. The maximum atomic E-state index is 13.5. The smallest absolute Gasteiger partial charge is 0.331 e. The molecular formula is C13H10BrFN2O3S. The zero-order valence-electron chi connectivity index (χ0n) is 10.5. The number of benzene rings is 1. The van der Waals surface area contributed by atoms with Crippen LogP contribution in [0, 0.1) is 5.82 Å². The largest absolute Gasteiger partial charge is 0.479 e. The predicted molar refractivity (Wildman–Crippen MR) is 81.0 cm³/mol. The molecule has 1 atom stereocenters. The maximum absolute atomic E-state index is 13.5. The Bertz CT molecular complexity index is 663. The highest BCUT2D eigenvalue weighted by Crippen LogP contribution is 2.21. The normalized spacial score (nSPS) is 11.7. The van der Waals surface area contributed by atoms with Crippen LogP contribution in [0.15, 0.2) is 40.2 Å². The van der Waals surface area contributed by atoms with Crippen LogP contribution in [0.5, 0.6) is 0 Å². The minimum atomic E-state index is -1.19. The van der Waals surface area contributed by atoms with Gasteiger partial charge >= 0.3 is 12.0 Å². The molecule has 0 aliphatic heterocycles. The van der Waals surface area contributed by atoms with Gasteiger partial charge in [0.05, 0.1) is 5.69 Å². The number of urea groups is 1. The van der Waals surface area contributed by atoms with Gasteiger partial charge in [-0.1, -0.05) is 22.0 Å². The Hall–Kier alpha value is -1.93. The Balaban J connectivity index is 2.10. The number of carboxylic acid groups (broad SMARTS) is 1. The lowest BCUT2D eigenvalue weighted by Crippen LogP contribution is -2.36. The van der Waals surface area contributed by atoms with Crippen molar-refractivity contribution in [2.24, 2.45) is 0 Å². The zero-order valence-corrected chi connectivity index (χ0v) is 12.9. The molecule has 1 aromatic heterocycles. The van der Waals surface area contributed by atoms with E-state index in [-0.39, 0.29) is 5.69 Å². The second-order valence-corrected chi connectivity index (χ2v) is 5.90. The van der Waals surface area contributed by atoms with Crippen molar-refractivity contribution in [1.29, 1.82) is 0 Å². The summed E-state index contributed by atoms with van der Waals surface area (Å²) in [7, 11) is 0. The van der Waals surface area contributed by atoms with Crippen molar-refractivity contribution in [3.63, 3.8) is 0 Å². The SMILES string of the molecule is O=C(Nc1cc(Br)ccc1F)NC(C(=O)O)c1cccs1. The monoisotopic (exact) mass is 372 g/mol. The number of rotatable bonds is 4. The Kier molecular flexibility index (Phi) is 4.92. The molecule has 5 nitrogen and oxygen atoms in total. The number of hydrogen-bond acceptors (Lipinski definition) is 3. The van der Waals surface area contributed by atoms with Gasteiger partial charge in [-0.25, -0.2) is 14.0 Å². The summed E-state index contributed by atoms with van der Waals surface area (Å²) in [5, 5.41) is 15.4. The van der Waals surface area contributed by atoms with Crippen LogP contribution in [0.4, 0.5) is 14.9 Å². The highest BCUT2D eigenvalue weighted by molar-refractivity contribution is 9.10. The van der Waals surface area contributed by atoms with E-state index < -0.39 is 23.9 Å². The zero-order chi connectivity index (χ0) is 15.4. The van der Waals surface area contributed by atoms with Crippen LogP contribution in [-0.2, 0) is 4.79 Å². The molecule has 0 spiro atoms. The lowest BCUT2D eigenvalue weighted by molar-refractivity contribution is -0.139. The molecular weight excluding hydrogens is 363 g/mol. The summed E-state index contributed by atoms with van der Waals surface area (Å²) in [6.45, 7) is 0. The Morgan fingerprint density at radius 1 is 1.33 bits per heavy atom. The first-order chi connectivity index (χ1) is 9.97. The number of nitrogens with one attached hydrogen (secondary N) is 2. The number of carboxylic acids is 1. The van der Waals surface area contributed by atoms with Crippen molar-refractivity contribution in [2.75, 3.05) is 5.32 Å². The Morgan fingerprint density at radius 3 is 2.71 bits per heavy atom. The molecule has 0 fully saturated rings. The summed E-state index contributed by atoms with van der Waals surface area (Å²) in [4.78, 5) is 23.5. The standard InChI is InChI=1S/C13H10BrFN2O3S/c14-7-3-4-8(15)9(6-7)16-13(20)17-11(12(18)19)10-2-1-5-21-10/h1-6,11H,(H,18,19)(H2,16,17,20). The summed E-state index contributed by atoms with van der Waals surface area (Å²) in [6, 6.07) is 5.37. The second-order valence-electron chi connectivity index (χ2n) is 4.01. The third-order valence-corrected chi connectivity index (χ3v) is 3.96. The van der Waals surface area contributed by atoms with Crippen LogP contribution < -0.4 is 10.6 Å². The highest BCUT2D eigenvalue weighted by Gasteiger charge is 2.23. The second kappa shape index (κ2) is 6.68. The van der Waals surface area contributed by atoms with Gasteiger partial charge in [0, 0.05) is 9.35 Å². The minimum Gasteiger partial charge on any atom is -0.479 e. The molecule has 110 valence electrons. The fourth-order valence-electron chi connectivity index (χ4n) is 1.59. The third kappa shape index (κ3) is 4.02. The average molecular weight is 373 g/mol. The van der Waals surface area contributed by atoms with Gasteiger partial charge in [-0.05, 0) is 29.6 Å². The van der Waals surface area contributed by atoms with Crippen molar-refractivity contribution in [3.05, 3.63) is 50.9 Å². The molecule has 0 saturated heterocycles. The van der Waals surface area contributed by atoms with E-state index in [4.69, 9.17) is 5.11 Å². The first kappa shape index (κ1) is 15.5.